The summed E-state index contributed by atoms with van der Waals surface area (Å²) in [4.78, 5) is 2.59. The molecule has 0 heterocycles. The third kappa shape index (κ3) is 8.37. The predicted molar refractivity (Wildman–Crippen MR) is 139 cm³/mol. The Morgan fingerprint density at radius 3 is 1.30 bits per heavy atom. The Labute approximate surface area is 188 Å². The largest absolute Gasteiger partial charge is 0.295 e. The molecule has 0 amide bonds. The van der Waals surface area contributed by atoms with Crippen LogP contribution in [0, 0.1) is 0 Å². The van der Waals surface area contributed by atoms with E-state index in [1.54, 1.807) is 0 Å². The zero-order valence-corrected chi connectivity index (χ0v) is 21.5. The van der Waals surface area contributed by atoms with Gasteiger partial charge in [0.1, 0.15) is 0 Å². The van der Waals surface area contributed by atoms with Gasteiger partial charge in [0.05, 0.1) is 0 Å². The first-order valence-corrected chi connectivity index (χ1v) is 14.3. The Hall–Kier alpha value is -0.820. The molecule has 0 saturated heterocycles. The molecule has 0 fully saturated rings. The predicted octanol–water partition coefficient (Wildman–Crippen LogP) is 5.74. The molecule has 0 spiro atoms. The van der Waals surface area contributed by atoms with E-state index in [-0.39, 0.29) is 16.1 Å². The number of hydrogen-bond donors (Lipinski definition) is 0. The van der Waals surface area contributed by atoms with Crippen molar-refractivity contribution in [1.82, 2.24) is 14.2 Å². The highest BCUT2D eigenvalue weighted by Crippen LogP contribution is 2.43. The molecular formula is C25H41N3P2. The Bertz CT molecular complexity index is 624. The van der Waals surface area contributed by atoms with E-state index in [0.29, 0.717) is 0 Å². The lowest BCUT2D eigenvalue weighted by molar-refractivity contribution is 0.428. The van der Waals surface area contributed by atoms with Crippen molar-refractivity contribution in [2.24, 2.45) is 0 Å². The number of benzene rings is 2. The van der Waals surface area contributed by atoms with Gasteiger partial charge in [-0.3, -0.25) is 14.2 Å². The summed E-state index contributed by atoms with van der Waals surface area (Å²) in [7, 11) is 6.25. The summed E-state index contributed by atoms with van der Waals surface area (Å²) < 4.78 is 5.21. The van der Waals surface area contributed by atoms with E-state index in [2.05, 4.69) is 110 Å². The SMILES string of the molecule is CCCCN(C)P(CN(C)CP(c1ccccc1)N(C)CCCC)c1ccccc1. The van der Waals surface area contributed by atoms with Crippen LogP contribution in [0.15, 0.2) is 60.7 Å². The average molecular weight is 446 g/mol. The van der Waals surface area contributed by atoms with E-state index in [1.165, 1.54) is 49.4 Å². The highest BCUT2D eigenvalue weighted by molar-refractivity contribution is 7.64. The summed E-state index contributed by atoms with van der Waals surface area (Å²) in [6, 6.07) is 22.3. The molecule has 0 aliphatic carbocycles. The summed E-state index contributed by atoms with van der Waals surface area (Å²) in [5.74, 6) is 0. The highest BCUT2D eigenvalue weighted by Gasteiger charge is 2.23. The third-order valence-corrected chi connectivity index (χ3v) is 10.7. The van der Waals surface area contributed by atoms with Crippen LogP contribution in [0.1, 0.15) is 39.5 Å². The Balaban J connectivity index is 2.14. The van der Waals surface area contributed by atoms with Gasteiger partial charge >= 0.3 is 0 Å². The summed E-state index contributed by atoms with van der Waals surface area (Å²) in [5, 5.41) is 2.97. The minimum atomic E-state index is -0.347. The number of rotatable bonds is 14. The first-order chi connectivity index (χ1) is 14.6. The molecule has 2 unspecified atom stereocenters. The maximum Gasteiger partial charge on any atom is 0.0360 e. The van der Waals surface area contributed by atoms with Crippen LogP contribution >= 0.6 is 16.1 Å². The van der Waals surface area contributed by atoms with Crippen LogP contribution in [0.5, 0.6) is 0 Å². The van der Waals surface area contributed by atoms with Gasteiger partial charge < -0.3 is 0 Å². The molecule has 0 radical (unpaired) electrons. The number of unbranched alkanes of at least 4 members (excludes halogenated alkanes) is 2. The van der Waals surface area contributed by atoms with E-state index in [4.69, 9.17) is 0 Å². The molecule has 0 bridgehead atoms. The van der Waals surface area contributed by atoms with Crippen molar-refractivity contribution in [2.75, 3.05) is 46.8 Å². The molecule has 2 aromatic carbocycles. The summed E-state index contributed by atoms with van der Waals surface area (Å²) in [6.07, 6.45) is 7.27. The maximum atomic E-state index is 2.61. The smallest absolute Gasteiger partial charge is 0.0360 e. The van der Waals surface area contributed by atoms with Crippen LogP contribution in [0.25, 0.3) is 0 Å². The summed E-state index contributed by atoms with van der Waals surface area (Å²) in [5.41, 5.74) is 0. The fraction of sp³-hybridized carbons (Fsp3) is 0.520. The van der Waals surface area contributed by atoms with Crippen LogP contribution in [0.3, 0.4) is 0 Å². The molecule has 0 saturated carbocycles. The third-order valence-electron chi connectivity index (χ3n) is 5.35. The molecular weight excluding hydrogens is 404 g/mol. The maximum absolute atomic E-state index is 2.61. The summed E-state index contributed by atoms with van der Waals surface area (Å²) in [6.45, 7) is 6.91. The second-order valence-electron chi connectivity index (χ2n) is 8.08. The zero-order chi connectivity index (χ0) is 21.8. The van der Waals surface area contributed by atoms with Gasteiger partial charge in [-0.2, -0.15) is 0 Å². The average Bonchev–Trinajstić information content (AvgIpc) is 2.79. The fourth-order valence-electron chi connectivity index (χ4n) is 3.49. The van der Waals surface area contributed by atoms with Gasteiger partial charge in [0, 0.05) is 41.8 Å². The molecule has 2 aromatic rings. The molecule has 0 aliphatic rings. The highest BCUT2D eigenvalue weighted by atomic mass is 31.1. The molecule has 0 aliphatic heterocycles. The number of hydrogen-bond acceptors (Lipinski definition) is 3. The van der Waals surface area contributed by atoms with Crippen molar-refractivity contribution < 1.29 is 0 Å². The minimum Gasteiger partial charge on any atom is -0.295 e. The van der Waals surface area contributed by atoms with Crippen LogP contribution in [0.4, 0.5) is 0 Å². The molecule has 166 valence electrons. The van der Waals surface area contributed by atoms with Gasteiger partial charge in [-0.05, 0) is 44.6 Å². The molecule has 0 N–H and O–H groups in total. The Kier molecular flexibility index (Phi) is 12.1. The minimum absolute atomic E-state index is 0.347. The topological polar surface area (TPSA) is 9.72 Å². The van der Waals surface area contributed by atoms with Crippen LogP contribution in [0.2, 0.25) is 0 Å². The van der Waals surface area contributed by atoms with Gasteiger partial charge in [0.2, 0.25) is 0 Å². The lowest BCUT2D eigenvalue weighted by atomic mass is 10.3. The first kappa shape index (κ1) is 25.4. The Morgan fingerprint density at radius 2 is 0.967 bits per heavy atom. The van der Waals surface area contributed by atoms with Gasteiger partial charge in [-0.1, -0.05) is 87.4 Å². The van der Waals surface area contributed by atoms with E-state index in [9.17, 15) is 0 Å². The van der Waals surface area contributed by atoms with Crippen molar-refractivity contribution in [3.63, 3.8) is 0 Å². The zero-order valence-electron chi connectivity index (χ0n) is 19.7. The van der Waals surface area contributed by atoms with Crippen LogP contribution in [-0.2, 0) is 0 Å². The van der Waals surface area contributed by atoms with Crippen molar-refractivity contribution >= 4 is 26.8 Å². The van der Waals surface area contributed by atoms with E-state index in [0.717, 1.165) is 12.6 Å². The van der Waals surface area contributed by atoms with Gasteiger partial charge in [0.25, 0.3) is 0 Å². The molecule has 0 aromatic heterocycles. The Morgan fingerprint density at radius 1 is 0.600 bits per heavy atom. The van der Waals surface area contributed by atoms with Crippen molar-refractivity contribution in [3.8, 4) is 0 Å². The van der Waals surface area contributed by atoms with Crippen LogP contribution < -0.4 is 10.6 Å². The lowest BCUT2D eigenvalue weighted by Crippen LogP contribution is -2.32. The molecule has 30 heavy (non-hydrogen) atoms. The normalized spacial score (nSPS) is 13.9. The van der Waals surface area contributed by atoms with Crippen molar-refractivity contribution in [2.45, 2.75) is 39.5 Å². The van der Waals surface area contributed by atoms with Gasteiger partial charge in [-0.15, -0.1) is 0 Å². The van der Waals surface area contributed by atoms with Crippen molar-refractivity contribution in [3.05, 3.63) is 60.7 Å². The molecule has 2 atom stereocenters. The first-order valence-electron chi connectivity index (χ1n) is 11.3. The van der Waals surface area contributed by atoms with E-state index < -0.39 is 0 Å². The van der Waals surface area contributed by atoms with Crippen LogP contribution in [-0.4, -0.2) is 61.0 Å². The molecule has 3 nitrogen and oxygen atoms in total. The lowest BCUT2D eigenvalue weighted by Gasteiger charge is -2.36. The number of nitrogens with zero attached hydrogens (tertiary/aromatic N) is 3. The van der Waals surface area contributed by atoms with E-state index in [1.807, 2.05) is 0 Å². The molecule has 5 heteroatoms. The second-order valence-corrected chi connectivity index (χ2v) is 12.6. The van der Waals surface area contributed by atoms with Gasteiger partial charge in [-0.25, -0.2) is 0 Å². The summed E-state index contributed by atoms with van der Waals surface area (Å²) >= 11 is 0. The monoisotopic (exact) mass is 445 g/mol. The molecule has 2 rings (SSSR count). The van der Waals surface area contributed by atoms with Gasteiger partial charge in [0.15, 0.2) is 0 Å². The fourth-order valence-corrected chi connectivity index (χ4v) is 8.11. The standard InChI is InChI=1S/C25H41N3P2/c1-6-8-20-27(4)29(24-16-12-10-13-17-24)22-26(3)23-30(28(5)21-9-7-2)25-18-14-11-15-19-25/h10-19H,6-9,20-23H2,1-5H3. The quantitative estimate of drug-likeness (QED) is 0.343. The van der Waals surface area contributed by atoms with E-state index >= 15 is 0 Å². The second kappa shape index (κ2) is 14.3. The van der Waals surface area contributed by atoms with Crippen molar-refractivity contribution in [1.29, 1.82) is 0 Å².